The van der Waals surface area contributed by atoms with Gasteiger partial charge in [0.2, 0.25) is 0 Å². The fraction of sp³-hybridized carbons (Fsp3) is 0.733. The molecule has 0 aromatic carbocycles. The first-order chi connectivity index (χ1) is 9.73. The molecule has 6 heteroatoms. The maximum absolute atomic E-state index is 11.4. The SMILES string of the molecule is Cc1nn(C)c(CN2CCCC(C(C)(C)C(=O)O)C2)c1Cl. The molecule has 1 saturated heterocycles. The second-order valence-corrected chi connectivity index (χ2v) is 6.95. The highest BCUT2D eigenvalue weighted by Gasteiger charge is 2.39. The number of aryl methyl sites for hydroxylation is 2. The predicted molar refractivity (Wildman–Crippen MR) is 82.4 cm³/mol. The number of aromatic nitrogens is 2. The Bertz CT molecular complexity index is 539. The zero-order valence-corrected chi connectivity index (χ0v) is 13.9. The van der Waals surface area contributed by atoms with Gasteiger partial charge in [-0.3, -0.25) is 14.4 Å². The van der Waals surface area contributed by atoms with E-state index in [-0.39, 0.29) is 5.92 Å². The minimum atomic E-state index is -0.719. The third-order valence-electron chi connectivity index (χ3n) is 4.71. The van der Waals surface area contributed by atoms with Crippen molar-refractivity contribution in [2.24, 2.45) is 18.4 Å². The fourth-order valence-corrected chi connectivity index (χ4v) is 3.25. The van der Waals surface area contributed by atoms with E-state index in [0.717, 1.165) is 48.9 Å². The highest BCUT2D eigenvalue weighted by molar-refractivity contribution is 6.31. The molecule has 1 aliphatic heterocycles. The number of likely N-dealkylation sites (tertiary alicyclic amines) is 1. The van der Waals surface area contributed by atoms with Crippen molar-refractivity contribution in [2.45, 2.75) is 40.2 Å². The van der Waals surface area contributed by atoms with Crippen LogP contribution in [0, 0.1) is 18.3 Å². The van der Waals surface area contributed by atoms with Gasteiger partial charge in [0.1, 0.15) is 0 Å². The van der Waals surface area contributed by atoms with Gasteiger partial charge in [-0.1, -0.05) is 11.6 Å². The number of rotatable bonds is 4. The van der Waals surface area contributed by atoms with Crippen molar-refractivity contribution in [3.8, 4) is 0 Å². The number of piperidine rings is 1. The van der Waals surface area contributed by atoms with Crippen molar-refractivity contribution in [3.63, 3.8) is 0 Å². The molecular weight excluding hydrogens is 290 g/mol. The summed E-state index contributed by atoms with van der Waals surface area (Å²) in [5, 5.41) is 14.5. The lowest BCUT2D eigenvalue weighted by Crippen LogP contribution is -2.44. The van der Waals surface area contributed by atoms with E-state index in [4.69, 9.17) is 11.6 Å². The molecule has 0 bridgehead atoms. The lowest BCUT2D eigenvalue weighted by Gasteiger charge is -2.39. The Morgan fingerprint density at radius 1 is 1.52 bits per heavy atom. The molecule has 0 saturated carbocycles. The Hall–Kier alpha value is -1.07. The van der Waals surface area contributed by atoms with Crippen LogP contribution in [-0.2, 0) is 18.4 Å². The van der Waals surface area contributed by atoms with Crippen LogP contribution >= 0.6 is 11.6 Å². The Kier molecular flexibility index (Phi) is 4.63. The molecule has 0 aliphatic carbocycles. The molecule has 2 heterocycles. The van der Waals surface area contributed by atoms with Gasteiger partial charge in [0.05, 0.1) is 21.8 Å². The Balaban J connectivity index is 2.10. The summed E-state index contributed by atoms with van der Waals surface area (Å²) in [4.78, 5) is 13.7. The Morgan fingerprint density at radius 2 is 2.19 bits per heavy atom. The highest BCUT2D eigenvalue weighted by Crippen LogP contribution is 2.35. The van der Waals surface area contributed by atoms with Gasteiger partial charge in [0.15, 0.2) is 0 Å². The maximum atomic E-state index is 11.4. The third-order valence-corrected chi connectivity index (χ3v) is 5.20. The molecule has 21 heavy (non-hydrogen) atoms. The summed E-state index contributed by atoms with van der Waals surface area (Å²) in [6, 6.07) is 0. The molecule has 1 aliphatic rings. The molecule has 0 radical (unpaired) electrons. The van der Waals surface area contributed by atoms with Crippen LogP contribution in [0.25, 0.3) is 0 Å². The van der Waals surface area contributed by atoms with Gasteiger partial charge in [-0.15, -0.1) is 0 Å². The summed E-state index contributed by atoms with van der Waals surface area (Å²) in [5.74, 6) is -0.555. The van der Waals surface area contributed by atoms with E-state index in [9.17, 15) is 9.90 Å². The average molecular weight is 314 g/mol. The van der Waals surface area contributed by atoms with Crippen LogP contribution in [0.5, 0.6) is 0 Å². The molecule has 1 N–H and O–H groups in total. The quantitative estimate of drug-likeness (QED) is 0.928. The fourth-order valence-electron chi connectivity index (χ4n) is 3.03. The predicted octanol–water partition coefficient (Wildman–Crippen LogP) is 2.70. The molecule has 0 amide bonds. The van der Waals surface area contributed by atoms with Crippen molar-refractivity contribution < 1.29 is 9.90 Å². The number of carboxylic acid groups (broad SMARTS) is 1. The van der Waals surface area contributed by atoms with E-state index in [0.29, 0.717) is 0 Å². The van der Waals surface area contributed by atoms with E-state index < -0.39 is 11.4 Å². The largest absolute Gasteiger partial charge is 0.481 e. The van der Waals surface area contributed by atoms with Crippen LogP contribution in [0.3, 0.4) is 0 Å². The molecule has 5 nitrogen and oxygen atoms in total. The van der Waals surface area contributed by atoms with Crippen LogP contribution in [0.1, 0.15) is 38.1 Å². The van der Waals surface area contributed by atoms with Gasteiger partial charge in [-0.05, 0) is 46.1 Å². The van der Waals surface area contributed by atoms with Crippen LogP contribution in [-0.4, -0.2) is 38.8 Å². The zero-order chi connectivity index (χ0) is 15.8. The average Bonchev–Trinajstić information content (AvgIpc) is 2.65. The van der Waals surface area contributed by atoms with Crippen molar-refractivity contribution >= 4 is 17.6 Å². The summed E-state index contributed by atoms with van der Waals surface area (Å²) in [5.41, 5.74) is 1.15. The van der Waals surface area contributed by atoms with Crippen molar-refractivity contribution in [1.82, 2.24) is 14.7 Å². The van der Waals surface area contributed by atoms with E-state index in [2.05, 4.69) is 10.00 Å². The van der Waals surface area contributed by atoms with Crippen molar-refractivity contribution in [3.05, 3.63) is 16.4 Å². The Labute approximate surface area is 130 Å². The van der Waals surface area contributed by atoms with Gasteiger partial charge >= 0.3 is 5.97 Å². The van der Waals surface area contributed by atoms with Crippen molar-refractivity contribution in [1.29, 1.82) is 0 Å². The third kappa shape index (κ3) is 3.24. The molecule has 0 spiro atoms. The first-order valence-electron chi connectivity index (χ1n) is 7.37. The van der Waals surface area contributed by atoms with E-state index in [1.54, 1.807) is 0 Å². The molecular formula is C15H24ClN3O2. The minimum absolute atomic E-state index is 0.164. The number of halogens is 1. The molecule has 1 aromatic rings. The van der Waals surface area contributed by atoms with Gasteiger partial charge in [0, 0.05) is 20.1 Å². The first-order valence-corrected chi connectivity index (χ1v) is 7.75. The molecule has 1 aromatic heterocycles. The second kappa shape index (κ2) is 5.97. The molecule has 1 atom stereocenters. The zero-order valence-electron chi connectivity index (χ0n) is 13.2. The number of aliphatic carboxylic acids is 1. The highest BCUT2D eigenvalue weighted by atomic mass is 35.5. The van der Waals surface area contributed by atoms with E-state index in [1.807, 2.05) is 32.5 Å². The molecule has 118 valence electrons. The molecule has 1 unspecified atom stereocenters. The normalized spacial score (nSPS) is 20.7. The van der Waals surface area contributed by atoms with Gasteiger partial charge < -0.3 is 5.11 Å². The van der Waals surface area contributed by atoms with Crippen LogP contribution in [0.2, 0.25) is 5.02 Å². The number of nitrogens with zero attached hydrogens (tertiary/aromatic N) is 3. The number of hydrogen-bond donors (Lipinski definition) is 1. The van der Waals surface area contributed by atoms with Crippen molar-refractivity contribution in [2.75, 3.05) is 13.1 Å². The summed E-state index contributed by atoms with van der Waals surface area (Å²) < 4.78 is 1.82. The van der Waals surface area contributed by atoms with Crippen LogP contribution < -0.4 is 0 Å². The lowest BCUT2D eigenvalue weighted by atomic mass is 9.74. The number of carboxylic acids is 1. The Morgan fingerprint density at radius 3 is 2.71 bits per heavy atom. The van der Waals surface area contributed by atoms with Crippen LogP contribution in [0.4, 0.5) is 0 Å². The van der Waals surface area contributed by atoms with E-state index in [1.165, 1.54) is 0 Å². The lowest BCUT2D eigenvalue weighted by molar-refractivity contribution is -0.151. The number of hydrogen-bond acceptors (Lipinski definition) is 3. The number of carbonyl (C=O) groups is 1. The second-order valence-electron chi connectivity index (χ2n) is 6.57. The molecule has 1 fully saturated rings. The minimum Gasteiger partial charge on any atom is -0.481 e. The summed E-state index contributed by atoms with van der Waals surface area (Å²) in [6.45, 7) is 8.04. The maximum Gasteiger partial charge on any atom is 0.309 e. The standard InChI is InChI=1S/C15H24ClN3O2/c1-10-13(16)12(18(4)17-10)9-19-7-5-6-11(8-19)15(2,3)14(20)21/h11H,5-9H2,1-4H3,(H,20,21). The smallest absolute Gasteiger partial charge is 0.309 e. The topological polar surface area (TPSA) is 58.4 Å². The summed E-state index contributed by atoms with van der Waals surface area (Å²) in [6.07, 6.45) is 1.99. The van der Waals surface area contributed by atoms with Gasteiger partial charge in [-0.2, -0.15) is 5.10 Å². The van der Waals surface area contributed by atoms with Gasteiger partial charge in [0.25, 0.3) is 0 Å². The summed E-state index contributed by atoms with van der Waals surface area (Å²) >= 11 is 6.31. The summed E-state index contributed by atoms with van der Waals surface area (Å²) in [7, 11) is 1.90. The van der Waals surface area contributed by atoms with Crippen LogP contribution in [0.15, 0.2) is 0 Å². The first kappa shape index (κ1) is 16.3. The van der Waals surface area contributed by atoms with E-state index >= 15 is 0 Å². The van der Waals surface area contributed by atoms with Gasteiger partial charge in [-0.25, -0.2) is 0 Å². The molecule has 2 rings (SSSR count). The monoisotopic (exact) mass is 313 g/mol.